The van der Waals surface area contributed by atoms with Crippen molar-refractivity contribution in [3.63, 3.8) is 0 Å². The minimum atomic E-state index is -0.269. The summed E-state index contributed by atoms with van der Waals surface area (Å²) in [5.41, 5.74) is 0. The van der Waals surface area contributed by atoms with Crippen LogP contribution >= 0.6 is 11.3 Å². The highest BCUT2D eigenvalue weighted by Crippen LogP contribution is 2.11. The van der Waals surface area contributed by atoms with Crippen LogP contribution in [0.4, 0.5) is 0 Å². The summed E-state index contributed by atoms with van der Waals surface area (Å²) < 4.78 is 4.64. The molecule has 0 bridgehead atoms. The predicted octanol–water partition coefficient (Wildman–Crippen LogP) is 2.87. The van der Waals surface area contributed by atoms with Crippen LogP contribution in [0.15, 0.2) is 17.5 Å². The molecule has 0 unspecified atom stereocenters. The van der Waals surface area contributed by atoms with Crippen molar-refractivity contribution in [2.75, 3.05) is 20.2 Å². The van der Waals surface area contributed by atoms with Crippen molar-refractivity contribution in [1.29, 1.82) is 0 Å². The lowest BCUT2D eigenvalue weighted by molar-refractivity contribution is -0.141. The van der Waals surface area contributed by atoms with Crippen LogP contribution in [0.5, 0.6) is 0 Å². The number of methoxy groups -OCH3 is 1. The SMILES string of the molecule is CCCCCN(CCC(=O)OC)C(=O)Cc1cccs1. The first-order valence-corrected chi connectivity index (χ1v) is 7.92. The van der Waals surface area contributed by atoms with Gasteiger partial charge in [0, 0.05) is 18.0 Å². The molecule has 0 saturated heterocycles. The summed E-state index contributed by atoms with van der Waals surface area (Å²) in [7, 11) is 1.37. The second-order valence-corrected chi connectivity index (χ2v) is 5.70. The van der Waals surface area contributed by atoms with Gasteiger partial charge < -0.3 is 9.64 Å². The van der Waals surface area contributed by atoms with E-state index in [-0.39, 0.29) is 18.3 Å². The number of rotatable bonds is 9. The van der Waals surface area contributed by atoms with Crippen LogP contribution in [0, 0.1) is 0 Å². The van der Waals surface area contributed by atoms with Crippen molar-refractivity contribution >= 4 is 23.2 Å². The Balaban J connectivity index is 2.50. The molecule has 1 heterocycles. The van der Waals surface area contributed by atoms with Crippen molar-refractivity contribution in [2.24, 2.45) is 0 Å². The Hall–Kier alpha value is -1.36. The molecule has 5 heteroatoms. The second kappa shape index (κ2) is 9.53. The number of unbranched alkanes of at least 4 members (excludes halogenated alkanes) is 2. The largest absolute Gasteiger partial charge is 0.469 e. The van der Waals surface area contributed by atoms with E-state index < -0.39 is 0 Å². The minimum absolute atomic E-state index is 0.0902. The van der Waals surface area contributed by atoms with E-state index in [2.05, 4.69) is 11.7 Å². The van der Waals surface area contributed by atoms with Crippen LogP contribution in [0.1, 0.15) is 37.5 Å². The number of esters is 1. The number of ether oxygens (including phenoxy) is 1. The molecule has 0 saturated carbocycles. The summed E-state index contributed by atoms with van der Waals surface area (Å²) in [4.78, 5) is 26.4. The van der Waals surface area contributed by atoms with Gasteiger partial charge in [-0.25, -0.2) is 0 Å². The fourth-order valence-corrected chi connectivity index (χ4v) is 2.61. The van der Waals surface area contributed by atoms with Crippen LogP contribution in [0.2, 0.25) is 0 Å². The van der Waals surface area contributed by atoms with Crippen molar-refractivity contribution in [1.82, 2.24) is 4.90 Å². The zero-order valence-electron chi connectivity index (χ0n) is 12.3. The van der Waals surface area contributed by atoms with Gasteiger partial charge in [0.15, 0.2) is 0 Å². The topological polar surface area (TPSA) is 46.6 Å². The standard InChI is InChI=1S/C15H23NO3S/c1-3-4-5-9-16(10-8-15(18)19-2)14(17)12-13-7-6-11-20-13/h6-7,11H,3-5,8-10,12H2,1-2H3. The molecule has 0 aliphatic heterocycles. The van der Waals surface area contributed by atoms with Gasteiger partial charge in [-0.2, -0.15) is 0 Å². The highest BCUT2D eigenvalue weighted by Gasteiger charge is 2.15. The van der Waals surface area contributed by atoms with E-state index in [0.29, 0.717) is 13.0 Å². The van der Waals surface area contributed by atoms with Crippen molar-refractivity contribution in [3.05, 3.63) is 22.4 Å². The Morgan fingerprint density at radius 3 is 2.70 bits per heavy atom. The van der Waals surface area contributed by atoms with E-state index >= 15 is 0 Å². The Morgan fingerprint density at radius 2 is 2.10 bits per heavy atom. The molecule has 0 aromatic carbocycles. The molecular formula is C15H23NO3S. The number of amides is 1. The number of carbonyl (C=O) groups excluding carboxylic acids is 2. The lowest BCUT2D eigenvalue weighted by Crippen LogP contribution is -2.35. The monoisotopic (exact) mass is 297 g/mol. The summed E-state index contributed by atoms with van der Waals surface area (Å²) >= 11 is 1.59. The highest BCUT2D eigenvalue weighted by molar-refractivity contribution is 7.10. The molecule has 1 amide bonds. The Bertz CT molecular complexity index is 403. The molecule has 0 atom stereocenters. The van der Waals surface area contributed by atoms with E-state index in [1.165, 1.54) is 7.11 Å². The molecule has 20 heavy (non-hydrogen) atoms. The molecule has 0 spiro atoms. The summed E-state index contributed by atoms with van der Waals surface area (Å²) in [6.45, 7) is 3.29. The quantitative estimate of drug-likeness (QED) is 0.520. The number of hydrogen-bond acceptors (Lipinski definition) is 4. The lowest BCUT2D eigenvalue weighted by atomic mass is 10.2. The van der Waals surface area contributed by atoms with E-state index in [9.17, 15) is 9.59 Å². The van der Waals surface area contributed by atoms with Gasteiger partial charge in [0.25, 0.3) is 0 Å². The maximum absolute atomic E-state index is 12.3. The molecule has 0 aliphatic rings. The van der Waals surface area contributed by atoms with Crippen molar-refractivity contribution < 1.29 is 14.3 Å². The molecule has 1 aromatic rings. The van der Waals surface area contributed by atoms with Crippen LogP contribution in [-0.2, 0) is 20.7 Å². The Labute approximate surface area is 124 Å². The number of nitrogens with zero attached hydrogens (tertiary/aromatic N) is 1. The summed E-state index contributed by atoms with van der Waals surface area (Å²) in [5, 5.41) is 1.97. The highest BCUT2D eigenvalue weighted by atomic mass is 32.1. The van der Waals surface area contributed by atoms with Crippen LogP contribution in [0.3, 0.4) is 0 Å². The molecular weight excluding hydrogens is 274 g/mol. The van der Waals surface area contributed by atoms with E-state index in [4.69, 9.17) is 0 Å². The van der Waals surface area contributed by atoms with E-state index in [1.54, 1.807) is 16.2 Å². The first-order chi connectivity index (χ1) is 9.67. The van der Waals surface area contributed by atoms with Gasteiger partial charge >= 0.3 is 5.97 Å². The third-order valence-electron chi connectivity index (χ3n) is 3.10. The van der Waals surface area contributed by atoms with Crippen LogP contribution < -0.4 is 0 Å². The van der Waals surface area contributed by atoms with Gasteiger partial charge in [0.2, 0.25) is 5.91 Å². The average molecular weight is 297 g/mol. The van der Waals surface area contributed by atoms with Gasteiger partial charge in [0.05, 0.1) is 20.0 Å². The van der Waals surface area contributed by atoms with Gasteiger partial charge in [0.1, 0.15) is 0 Å². The van der Waals surface area contributed by atoms with E-state index in [0.717, 1.165) is 30.7 Å². The number of carbonyl (C=O) groups is 2. The Kier molecular flexibility index (Phi) is 7.95. The minimum Gasteiger partial charge on any atom is -0.469 e. The molecule has 1 rings (SSSR count). The molecule has 0 aliphatic carbocycles. The van der Waals surface area contributed by atoms with Gasteiger partial charge in [-0.05, 0) is 17.9 Å². The van der Waals surface area contributed by atoms with Gasteiger partial charge in [-0.15, -0.1) is 11.3 Å². The zero-order chi connectivity index (χ0) is 14.8. The van der Waals surface area contributed by atoms with Crippen molar-refractivity contribution in [2.45, 2.75) is 39.0 Å². The van der Waals surface area contributed by atoms with Gasteiger partial charge in [-0.1, -0.05) is 25.8 Å². The zero-order valence-corrected chi connectivity index (χ0v) is 13.1. The number of hydrogen-bond donors (Lipinski definition) is 0. The fourth-order valence-electron chi connectivity index (χ4n) is 1.92. The third-order valence-corrected chi connectivity index (χ3v) is 3.98. The van der Waals surface area contributed by atoms with Crippen molar-refractivity contribution in [3.8, 4) is 0 Å². The predicted molar refractivity (Wildman–Crippen MR) is 80.8 cm³/mol. The van der Waals surface area contributed by atoms with Crippen LogP contribution in [0.25, 0.3) is 0 Å². The molecule has 4 nitrogen and oxygen atoms in total. The normalized spacial score (nSPS) is 10.3. The van der Waals surface area contributed by atoms with E-state index in [1.807, 2.05) is 17.5 Å². The maximum atomic E-state index is 12.3. The summed E-state index contributed by atoms with van der Waals surface area (Å²) in [6.07, 6.45) is 3.88. The maximum Gasteiger partial charge on any atom is 0.307 e. The molecule has 0 fully saturated rings. The number of thiophene rings is 1. The first kappa shape index (κ1) is 16.7. The summed E-state index contributed by atoms with van der Waals surface area (Å²) in [6, 6.07) is 3.91. The fraction of sp³-hybridized carbons (Fsp3) is 0.600. The molecule has 112 valence electrons. The smallest absolute Gasteiger partial charge is 0.307 e. The average Bonchev–Trinajstić information content (AvgIpc) is 2.94. The second-order valence-electron chi connectivity index (χ2n) is 4.67. The molecule has 1 aromatic heterocycles. The lowest BCUT2D eigenvalue weighted by Gasteiger charge is -2.22. The first-order valence-electron chi connectivity index (χ1n) is 7.04. The molecule has 0 N–H and O–H groups in total. The molecule has 0 radical (unpaired) electrons. The summed E-state index contributed by atoms with van der Waals surface area (Å²) in [5.74, 6) is -0.179. The van der Waals surface area contributed by atoms with Gasteiger partial charge in [-0.3, -0.25) is 9.59 Å². The third kappa shape index (κ3) is 6.19. The van der Waals surface area contributed by atoms with Crippen LogP contribution in [-0.4, -0.2) is 37.0 Å². The Morgan fingerprint density at radius 1 is 1.30 bits per heavy atom.